The van der Waals surface area contributed by atoms with Gasteiger partial charge in [-0.1, -0.05) is 30.3 Å². The van der Waals surface area contributed by atoms with Gasteiger partial charge >= 0.3 is 5.97 Å². The second-order valence-electron chi connectivity index (χ2n) is 10.3. The summed E-state index contributed by atoms with van der Waals surface area (Å²) in [6, 6.07) is 16.1. The van der Waals surface area contributed by atoms with Gasteiger partial charge in [-0.2, -0.15) is 0 Å². The molecule has 2 heterocycles. The number of rotatable bonds is 9. The van der Waals surface area contributed by atoms with Gasteiger partial charge in [-0.15, -0.1) is 0 Å². The molecule has 10 nitrogen and oxygen atoms in total. The van der Waals surface area contributed by atoms with Crippen molar-refractivity contribution in [1.82, 2.24) is 20.3 Å². The first-order valence-electron chi connectivity index (χ1n) is 13.6. The minimum atomic E-state index is -1.08. The zero-order valence-corrected chi connectivity index (χ0v) is 23.4. The number of fused-ring (bicyclic) bond motifs is 1. The van der Waals surface area contributed by atoms with Crippen molar-refractivity contribution in [3.63, 3.8) is 0 Å². The number of nitrogens with zero attached hydrogens (tertiary/aromatic N) is 3. The molecule has 0 bridgehead atoms. The first-order chi connectivity index (χ1) is 20.2. The molecule has 0 atom stereocenters. The van der Waals surface area contributed by atoms with Crippen molar-refractivity contribution >= 4 is 34.2 Å². The van der Waals surface area contributed by atoms with E-state index in [0.717, 1.165) is 32.2 Å². The van der Waals surface area contributed by atoms with E-state index < -0.39 is 17.7 Å². The second kappa shape index (κ2) is 12.5. The summed E-state index contributed by atoms with van der Waals surface area (Å²) in [5.41, 5.74) is 4.68. The van der Waals surface area contributed by atoms with Crippen LogP contribution >= 0.6 is 0 Å². The molecule has 3 aromatic carbocycles. The number of H-pyrrole nitrogens is 1. The van der Waals surface area contributed by atoms with Gasteiger partial charge in [0, 0.05) is 55.3 Å². The van der Waals surface area contributed by atoms with E-state index >= 15 is 4.39 Å². The summed E-state index contributed by atoms with van der Waals surface area (Å²) >= 11 is 0. The van der Waals surface area contributed by atoms with E-state index in [9.17, 15) is 19.8 Å². The molecule has 1 saturated heterocycles. The highest BCUT2D eigenvalue weighted by Gasteiger charge is 2.22. The monoisotopic (exact) mass is 573 g/mol. The average Bonchev–Trinajstić information content (AvgIpc) is 3.29. The molecule has 11 heteroatoms. The number of likely N-dealkylation sites (N-methyl/N-ethyl adjacent to an activating group) is 1. The number of aliphatic imine (C=N–C) groups is 1. The Bertz CT molecular complexity index is 1640. The zero-order chi connectivity index (χ0) is 29.8. The highest BCUT2D eigenvalue weighted by molar-refractivity contribution is 6.22. The van der Waals surface area contributed by atoms with Gasteiger partial charge in [0.1, 0.15) is 5.82 Å². The predicted octanol–water partition coefficient (Wildman–Crippen LogP) is 4.10. The maximum Gasteiger partial charge on any atom is 0.336 e. The summed E-state index contributed by atoms with van der Waals surface area (Å²) in [7, 11) is 2.08. The van der Waals surface area contributed by atoms with Crippen LogP contribution in [0.15, 0.2) is 65.7 Å². The van der Waals surface area contributed by atoms with E-state index in [1.807, 2.05) is 18.2 Å². The van der Waals surface area contributed by atoms with Gasteiger partial charge < -0.3 is 20.1 Å². The molecular weight excluding hydrogens is 541 g/mol. The van der Waals surface area contributed by atoms with E-state index in [1.54, 1.807) is 25.1 Å². The number of nitrogens with one attached hydrogen (secondary N) is 2. The Kier molecular flexibility index (Phi) is 8.62. The van der Waals surface area contributed by atoms with Crippen LogP contribution in [-0.4, -0.2) is 89.0 Å². The van der Waals surface area contributed by atoms with Crippen LogP contribution in [0.2, 0.25) is 0 Å². The molecule has 1 aliphatic rings. The fraction of sp³-hybridized carbons (Fsp3) is 0.258. The third kappa shape index (κ3) is 6.33. The van der Waals surface area contributed by atoms with E-state index in [4.69, 9.17) is 4.84 Å². The number of carboxylic acid groups (broad SMARTS) is 1. The lowest BCUT2D eigenvalue weighted by molar-refractivity contribution is 0.0174. The minimum Gasteiger partial charge on any atom is -0.494 e. The van der Waals surface area contributed by atoms with Crippen LogP contribution in [0.1, 0.15) is 37.4 Å². The number of carboxylic acids is 1. The summed E-state index contributed by atoms with van der Waals surface area (Å²) in [6.45, 7) is 6.41. The van der Waals surface area contributed by atoms with Gasteiger partial charge in [-0.25, -0.2) is 19.7 Å². The van der Waals surface area contributed by atoms with Crippen LogP contribution in [0.5, 0.6) is 5.88 Å². The van der Waals surface area contributed by atoms with Gasteiger partial charge in [0.05, 0.1) is 34.7 Å². The Labute approximate surface area is 242 Å². The second-order valence-corrected chi connectivity index (χ2v) is 10.3. The van der Waals surface area contributed by atoms with Gasteiger partial charge in [-0.3, -0.25) is 14.5 Å². The van der Waals surface area contributed by atoms with Gasteiger partial charge in [0.15, 0.2) is 5.88 Å². The number of carbonyl (C=O) groups is 2. The number of aryl methyl sites for hydroxylation is 1. The topological polar surface area (TPSA) is 130 Å². The molecule has 1 amide bonds. The van der Waals surface area contributed by atoms with Crippen molar-refractivity contribution in [1.29, 1.82) is 0 Å². The van der Waals surface area contributed by atoms with E-state index in [2.05, 4.69) is 32.3 Å². The Hall–Kier alpha value is -4.58. The number of aromatic amines is 1. The lowest BCUT2D eigenvalue weighted by Gasteiger charge is -2.32. The molecule has 218 valence electrons. The molecule has 0 aliphatic carbocycles. The number of aromatic hydroxyl groups is 1. The lowest BCUT2D eigenvalue weighted by Crippen LogP contribution is -2.45. The highest BCUT2D eigenvalue weighted by atomic mass is 19.1. The molecule has 1 fully saturated rings. The van der Waals surface area contributed by atoms with Gasteiger partial charge in [0.25, 0.3) is 5.91 Å². The molecule has 42 heavy (non-hydrogen) atoms. The number of piperazine rings is 1. The Morgan fingerprint density at radius 2 is 1.79 bits per heavy atom. The summed E-state index contributed by atoms with van der Waals surface area (Å²) in [6.07, 6.45) is 0. The van der Waals surface area contributed by atoms with Crippen LogP contribution < -0.4 is 5.48 Å². The number of aromatic nitrogens is 1. The summed E-state index contributed by atoms with van der Waals surface area (Å²) in [4.78, 5) is 41.5. The number of halogens is 1. The number of hydroxylamine groups is 1. The molecule has 0 unspecified atom stereocenters. The fourth-order valence-corrected chi connectivity index (χ4v) is 4.97. The number of benzene rings is 3. The maximum absolute atomic E-state index is 15.1. The highest BCUT2D eigenvalue weighted by Crippen LogP contribution is 2.33. The van der Waals surface area contributed by atoms with Crippen molar-refractivity contribution < 1.29 is 29.0 Å². The average molecular weight is 574 g/mol. The molecule has 0 radical (unpaired) electrons. The van der Waals surface area contributed by atoms with Crippen LogP contribution in [0.25, 0.3) is 10.9 Å². The third-order valence-electron chi connectivity index (χ3n) is 7.35. The number of aromatic carboxylic acids is 1. The standard InChI is InChI=1S/C31H32FN5O5/c1-19-16-24-26(18-23(19)31(40)41)34-30(39)27(24)28(20-6-4-3-5-7-20)33-21-8-9-22(25(32)17-21)29(38)35-42-15-14-37-12-10-36(2)11-13-37/h3-9,16-18,34,39H,10-15H2,1-2H3,(H,35,38)(H,40,41). The number of carbonyl (C=O) groups excluding carboxylic acids is 1. The molecule has 4 aromatic rings. The smallest absolute Gasteiger partial charge is 0.336 e. The predicted molar refractivity (Wildman–Crippen MR) is 157 cm³/mol. The number of hydrogen-bond donors (Lipinski definition) is 4. The van der Waals surface area contributed by atoms with E-state index in [1.165, 1.54) is 18.2 Å². The Morgan fingerprint density at radius 1 is 1.05 bits per heavy atom. The van der Waals surface area contributed by atoms with Gasteiger partial charge in [-0.05, 0) is 43.8 Å². The van der Waals surface area contributed by atoms with E-state index in [0.29, 0.717) is 39.8 Å². The Morgan fingerprint density at radius 3 is 2.48 bits per heavy atom. The summed E-state index contributed by atoms with van der Waals surface area (Å²) < 4.78 is 15.1. The van der Waals surface area contributed by atoms with Crippen molar-refractivity contribution in [3.05, 3.63) is 94.3 Å². The van der Waals surface area contributed by atoms with Crippen molar-refractivity contribution in [3.8, 4) is 5.88 Å². The zero-order valence-electron chi connectivity index (χ0n) is 23.4. The molecule has 0 saturated carbocycles. The molecule has 0 spiro atoms. The van der Waals surface area contributed by atoms with Crippen LogP contribution in [0.4, 0.5) is 10.1 Å². The molecular formula is C31H32FN5O5. The molecule has 5 rings (SSSR count). The summed E-state index contributed by atoms with van der Waals surface area (Å²) in [5, 5.41) is 21.0. The third-order valence-corrected chi connectivity index (χ3v) is 7.35. The van der Waals surface area contributed by atoms with Crippen molar-refractivity contribution in [2.24, 2.45) is 4.99 Å². The quantitative estimate of drug-likeness (QED) is 0.135. The lowest BCUT2D eigenvalue weighted by atomic mass is 9.98. The number of amides is 1. The number of hydrogen-bond acceptors (Lipinski definition) is 7. The Balaban J connectivity index is 1.39. The van der Waals surface area contributed by atoms with E-state index in [-0.39, 0.29) is 29.3 Å². The van der Waals surface area contributed by atoms with Crippen molar-refractivity contribution in [2.75, 3.05) is 46.4 Å². The molecule has 1 aliphatic heterocycles. The van der Waals surface area contributed by atoms with Crippen LogP contribution in [0.3, 0.4) is 0 Å². The van der Waals surface area contributed by atoms with Crippen LogP contribution in [0, 0.1) is 12.7 Å². The molecule has 1 aromatic heterocycles. The van der Waals surface area contributed by atoms with Gasteiger partial charge in [0.2, 0.25) is 0 Å². The minimum absolute atomic E-state index is 0.104. The van der Waals surface area contributed by atoms with Crippen molar-refractivity contribution in [2.45, 2.75) is 6.92 Å². The molecule has 4 N–H and O–H groups in total. The summed E-state index contributed by atoms with van der Waals surface area (Å²) in [5.74, 6) is -2.78. The van der Waals surface area contributed by atoms with Crippen LogP contribution in [-0.2, 0) is 4.84 Å². The first kappa shape index (κ1) is 28.9. The fourth-order valence-electron chi connectivity index (χ4n) is 4.97. The normalized spacial score (nSPS) is 14.8. The largest absolute Gasteiger partial charge is 0.494 e. The first-order valence-corrected chi connectivity index (χ1v) is 13.6. The SMILES string of the molecule is Cc1cc2c(C(=Nc3ccc(C(=O)NOCCN4CCN(C)CC4)c(F)c3)c3ccccc3)c(O)[nH]c2cc1C(=O)O. The maximum atomic E-state index is 15.1.